The second kappa shape index (κ2) is 10.8. The van der Waals surface area contributed by atoms with Gasteiger partial charge in [-0.25, -0.2) is 4.98 Å². The molecule has 182 valence electrons. The number of nitrogens with zero attached hydrogens (tertiary/aromatic N) is 2. The molecule has 1 aromatic heterocycles. The largest absolute Gasteiger partial charge is 0.497 e. The van der Waals surface area contributed by atoms with Crippen LogP contribution in [0.2, 0.25) is 0 Å². The Bertz CT molecular complexity index is 1070. The minimum atomic E-state index is 0.196. The van der Waals surface area contributed by atoms with Crippen LogP contribution >= 0.6 is 0 Å². The van der Waals surface area contributed by atoms with Crippen molar-refractivity contribution in [1.29, 1.82) is 0 Å². The van der Waals surface area contributed by atoms with E-state index in [0.717, 1.165) is 41.5 Å². The van der Waals surface area contributed by atoms with Gasteiger partial charge in [-0.1, -0.05) is 38.5 Å². The van der Waals surface area contributed by atoms with E-state index in [1.807, 2.05) is 12.1 Å². The summed E-state index contributed by atoms with van der Waals surface area (Å²) in [5.41, 5.74) is 4.68. The van der Waals surface area contributed by atoms with Crippen LogP contribution in [0.5, 0.6) is 5.75 Å². The van der Waals surface area contributed by atoms with Crippen molar-refractivity contribution < 1.29 is 4.74 Å². The summed E-state index contributed by atoms with van der Waals surface area (Å²) in [4.78, 5) is 7.54. The molecule has 1 fully saturated rings. The van der Waals surface area contributed by atoms with E-state index in [2.05, 4.69) is 80.4 Å². The third-order valence-electron chi connectivity index (χ3n) is 7.47. The third kappa shape index (κ3) is 5.90. The zero-order valence-corrected chi connectivity index (χ0v) is 21.6. The van der Waals surface area contributed by atoms with E-state index < -0.39 is 0 Å². The molecule has 1 saturated heterocycles. The van der Waals surface area contributed by atoms with Crippen molar-refractivity contribution in [3.63, 3.8) is 0 Å². The van der Waals surface area contributed by atoms with Gasteiger partial charge in [-0.15, -0.1) is 0 Å². The van der Waals surface area contributed by atoms with Gasteiger partial charge in [-0.3, -0.25) is 0 Å². The lowest BCUT2D eigenvalue weighted by Gasteiger charge is -2.39. The Morgan fingerprint density at radius 1 is 1.09 bits per heavy atom. The predicted octanol–water partition coefficient (Wildman–Crippen LogP) is 7.07. The smallest absolute Gasteiger partial charge is 0.118 e. The van der Waals surface area contributed by atoms with Crippen molar-refractivity contribution in [3.8, 4) is 17.0 Å². The molecule has 4 nitrogen and oxygen atoms in total. The molecule has 0 saturated carbocycles. The lowest BCUT2D eigenvalue weighted by molar-refractivity contribution is 0.266. The Labute approximate surface area is 205 Å². The van der Waals surface area contributed by atoms with Crippen molar-refractivity contribution in [2.24, 2.45) is 5.92 Å². The number of piperidine rings is 1. The topological polar surface area (TPSA) is 37.4 Å². The summed E-state index contributed by atoms with van der Waals surface area (Å²) in [5.74, 6) is 1.68. The first-order valence-corrected chi connectivity index (χ1v) is 13.0. The Hall–Kier alpha value is -2.59. The Balaban J connectivity index is 1.49. The third-order valence-corrected chi connectivity index (χ3v) is 7.47. The van der Waals surface area contributed by atoms with Gasteiger partial charge in [0, 0.05) is 41.3 Å². The zero-order valence-electron chi connectivity index (χ0n) is 21.6. The van der Waals surface area contributed by atoms with E-state index in [4.69, 9.17) is 9.72 Å². The molecule has 0 bridgehead atoms. The number of pyridine rings is 1. The van der Waals surface area contributed by atoms with E-state index in [0.29, 0.717) is 6.04 Å². The van der Waals surface area contributed by atoms with Gasteiger partial charge in [0.2, 0.25) is 0 Å². The molecule has 0 amide bonds. The highest BCUT2D eigenvalue weighted by atomic mass is 16.5. The first-order chi connectivity index (χ1) is 16.4. The van der Waals surface area contributed by atoms with E-state index in [1.54, 1.807) is 7.11 Å². The fourth-order valence-corrected chi connectivity index (χ4v) is 5.03. The molecule has 4 heteroatoms. The van der Waals surface area contributed by atoms with Crippen molar-refractivity contribution in [3.05, 3.63) is 54.6 Å². The second-order valence-corrected chi connectivity index (χ2v) is 10.6. The average Bonchev–Trinajstić information content (AvgIpc) is 2.87. The van der Waals surface area contributed by atoms with Gasteiger partial charge in [0.1, 0.15) is 5.75 Å². The standard InChI is InChI=1S/C30H41N3O/c1-6-22(2)15-18-30(3,4)32-24-16-19-33(20-17-24)29-21-28(23-11-13-25(34-5)14-12-23)31-27-10-8-7-9-26(27)29/h7-14,21-22,24,32H,6,15-20H2,1-5H3. The summed E-state index contributed by atoms with van der Waals surface area (Å²) >= 11 is 0. The van der Waals surface area contributed by atoms with Crippen LogP contribution in [0.4, 0.5) is 5.69 Å². The number of aromatic nitrogens is 1. The number of anilines is 1. The molecule has 0 radical (unpaired) electrons. The molecule has 0 spiro atoms. The summed E-state index contributed by atoms with van der Waals surface area (Å²) in [7, 11) is 1.70. The van der Waals surface area contributed by atoms with Crippen molar-refractivity contribution in [1.82, 2.24) is 10.3 Å². The van der Waals surface area contributed by atoms with Crippen LogP contribution < -0.4 is 15.0 Å². The molecular weight excluding hydrogens is 418 g/mol. The molecule has 3 aromatic rings. The van der Waals surface area contributed by atoms with Crippen molar-refractivity contribution in [2.45, 2.75) is 71.4 Å². The van der Waals surface area contributed by atoms with Gasteiger partial charge < -0.3 is 15.0 Å². The fraction of sp³-hybridized carbons (Fsp3) is 0.500. The molecule has 2 aromatic carbocycles. The second-order valence-electron chi connectivity index (χ2n) is 10.6. The maximum Gasteiger partial charge on any atom is 0.118 e. The first kappa shape index (κ1) is 24.5. The molecule has 1 aliphatic rings. The minimum Gasteiger partial charge on any atom is -0.497 e. The number of hydrogen-bond acceptors (Lipinski definition) is 4. The van der Waals surface area contributed by atoms with Crippen LogP contribution in [0.3, 0.4) is 0 Å². The normalized spacial score (nSPS) is 16.1. The monoisotopic (exact) mass is 459 g/mol. The fourth-order valence-electron chi connectivity index (χ4n) is 5.03. The number of nitrogens with one attached hydrogen (secondary N) is 1. The van der Waals surface area contributed by atoms with Crippen molar-refractivity contribution in [2.75, 3.05) is 25.1 Å². The van der Waals surface area contributed by atoms with Crippen LogP contribution in [0, 0.1) is 5.92 Å². The average molecular weight is 460 g/mol. The van der Waals surface area contributed by atoms with Gasteiger partial charge in [-0.05, 0) is 81.8 Å². The van der Waals surface area contributed by atoms with E-state index in [-0.39, 0.29) is 5.54 Å². The minimum absolute atomic E-state index is 0.196. The van der Waals surface area contributed by atoms with E-state index >= 15 is 0 Å². The Morgan fingerprint density at radius 3 is 2.47 bits per heavy atom. The molecule has 2 heterocycles. The van der Waals surface area contributed by atoms with Gasteiger partial charge in [0.15, 0.2) is 0 Å². The predicted molar refractivity (Wildman–Crippen MR) is 145 cm³/mol. The number of hydrogen-bond donors (Lipinski definition) is 1. The van der Waals surface area contributed by atoms with Crippen LogP contribution in [-0.4, -0.2) is 36.8 Å². The summed E-state index contributed by atoms with van der Waals surface area (Å²) < 4.78 is 5.34. The molecule has 34 heavy (non-hydrogen) atoms. The van der Waals surface area contributed by atoms with Gasteiger partial charge >= 0.3 is 0 Å². The molecule has 0 aliphatic carbocycles. The maximum absolute atomic E-state index is 5.34. The van der Waals surface area contributed by atoms with Gasteiger partial charge in [0.05, 0.1) is 18.3 Å². The van der Waals surface area contributed by atoms with Crippen LogP contribution in [0.25, 0.3) is 22.2 Å². The van der Waals surface area contributed by atoms with E-state index in [1.165, 1.54) is 43.2 Å². The number of rotatable bonds is 9. The highest BCUT2D eigenvalue weighted by Crippen LogP contribution is 2.33. The van der Waals surface area contributed by atoms with Crippen LogP contribution in [-0.2, 0) is 0 Å². The number of benzene rings is 2. The number of ether oxygens (including phenoxy) is 1. The zero-order chi connectivity index (χ0) is 24.1. The molecule has 1 unspecified atom stereocenters. The SMILES string of the molecule is CCC(C)CCC(C)(C)NC1CCN(c2cc(-c3ccc(OC)cc3)nc3ccccc23)CC1. The molecule has 1 atom stereocenters. The van der Waals surface area contributed by atoms with Crippen molar-refractivity contribution >= 4 is 16.6 Å². The molecule has 1 N–H and O–H groups in total. The molecular formula is C30H41N3O. The summed E-state index contributed by atoms with van der Waals surface area (Å²) in [6.07, 6.45) is 6.14. The van der Waals surface area contributed by atoms with Gasteiger partial charge in [0.25, 0.3) is 0 Å². The van der Waals surface area contributed by atoms with E-state index in [9.17, 15) is 0 Å². The molecule has 1 aliphatic heterocycles. The van der Waals surface area contributed by atoms with Crippen LogP contribution in [0.1, 0.15) is 59.8 Å². The Morgan fingerprint density at radius 2 is 1.79 bits per heavy atom. The quantitative estimate of drug-likeness (QED) is 0.371. The number of para-hydroxylation sites is 1. The number of fused-ring (bicyclic) bond motifs is 1. The lowest BCUT2D eigenvalue weighted by atomic mass is 9.90. The van der Waals surface area contributed by atoms with Gasteiger partial charge in [-0.2, -0.15) is 0 Å². The lowest BCUT2D eigenvalue weighted by Crippen LogP contribution is -2.51. The first-order valence-electron chi connectivity index (χ1n) is 13.0. The summed E-state index contributed by atoms with van der Waals surface area (Å²) in [6.45, 7) is 11.5. The number of methoxy groups -OCH3 is 1. The maximum atomic E-state index is 5.34. The Kier molecular flexibility index (Phi) is 7.77. The highest BCUT2D eigenvalue weighted by Gasteiger charge is 2.27. The van der Waals surface area contributed by atoms with Crippen LogP contribution in [0.15, 0.2) is 54.6 Å². The summed E-state index contributed by atoms with van der Waals surface area (Å²) in [6, 6.07) is 19.6. The summed E-state index contributed by atoms with van der Waals surface area (Å²) in [5, 5.41) is 5.22. The highest BCUT2D eigenvalue weighted by molar-refractivity contribution is 5.94. The molecule has 4 rings (SSSR count).